The Hall–Kier alpha value is -2.75. The van der Waals surface area contributed by atoms with Crippen molar-refractivity contribution >= 4 is 17.5 Å². The Morgan fingerprint density at radius 2 is 2.08 bits per heavy atom. The second-order valence-corrected chi connectivity index (χ2v) is 7.07. The van der Waals surface area contributed by atoms with Gasteiger partial charge in [0.2, 0.25) is 0 Å². The first kappa shape index (κ1) is 21.3. The smallest absolute Gasteiger partial charge is 0.407 e. The van der Waals surface area contributed by atoms with Crippen LogP contribution >= 0.6 is 0 Å². The van der Waals surface area contributed by atoms with Crippen molar-refractivity contribution in [2.75, 3.05) is 11.9 Å². The van der Waals surface area contributed by atoms with Crippen LogP contribution in [0, 0.1) is 22.5 Å². The standard InChI is InChI=1S/C19H27N3O4/c1-6-15-11-9-12-16(22(24)25)17(15)21-14(2)10-7-8-13-20-18(23)26-19(3,4)5/h1,9,11-12,14,21H,7-8,10,13H2,2-5H3,(H,20,23)/t14-/m0/s1. The number of nitro benzene ring substituents is 1. The normalized spacial score (nSPS) is 12.0. The van der Waals surface area contributed by atoms with Gasteiger partial charge in [-0.1, -0.05) is 12.0 Å². The number of rotatable bonds is 8. The number of hydrogen-bond donors (Lipinski definition) is 2. The van der Waals surface area contributed by atoms with Gasteiger partial charge >= 0.3 is 6.09 Å². The minimum absolute atomic E-state index is 0.00438. The molecule has 0 unspecified atom stereocenters. The predicted octanol–water partition coefficient (Wildman–Crippen LogP) is 4.07. The van der Waals surface area contributed by atoms with Crippen LogP contribution in [0.3, 0.4) is 0 Å². The monoisotopic (exact) mass is 361 g/mol. The molecule has 1 rings (SSSR count). The Morgan fingerprint density at radius 3 is 2.65 bits per heavy atom. The number of anilines is 1. The van der Waals surface area contributed by atoms with Gasteiger partial charge in [-0.2, -0.15) is 0 Å². The van der Waals surface area contributed by atoms with E-state index in [0.29, 0.717) is 17.8 Å². The third-order valence-corrected chi connectivity index (χ3v) is 3.52. The van der Waals surface area contributed by atoms with Gasteiger partial charge in [0, 0.05) is 18.7 Å². The largest absolute Gasteiger partial charge is 0.444 e. The van der Waals surface area contributed by atoms with Crippen molar-refractivity contribution in [3.63, 3.8) is 0 Å². The fraction of sp³-hybridized carbons (Fsp3) is 0.526. The zero-order valence-corrected chi connectivity index (χ0v) is 15.8. The maximum Gasteiger partial charge on any atom is 0.407 e. The molecule has 0 spiro atoms. The first-order valence-electron chi connectivity index (χ1n) is 8.61. The molecular weight excluding hydrogens is 334 g/mol. The van der Waals surface area contributed by atoms with Crippen molar-refractivity contribution in [2.24, 2.45) is 0 Å². The van der Waals surface area contributed by atoms with E-state index in [2.05, 4.69) is 16.6 Å². The Balaban J connectivity index is 2.44. The number of nitrogens with zero attached hydrogens (tertiary/aromatic N) is 1. The molecule has 0 aromatic heterocycles. The van der Waals surface area contributed by atoms with Gasteiger partial charge in [0.1, 0.15) is 11.3 Å². The van der Waals surface area contributed by atoms with Crippen molar-refractivity contribution in [1.82, 2.24) is 5.32 Å². The lowest BCUT2D eigenvalue weighted by atomic mass is 10.1. The minimum atomic E-state index is -0.512. The highest BCUT2D eigenvalue weighted by molar-refractivity contribution is 5.71. The number of benzene rings is 1. The number of amides is 1. The van der Waals surface area contributed by atoms with Gasteiger partial charge in [-0.15, -0.1) is 6.42 Å². The van der Waals surface area contributed by atoms with Gasteiger partial charge < -0.3 is 15.4 Å². The number of nitrogens with one attached hydrogen (secondary N) is 2. The van der Waals surface area contributed by atoms with E-state index in [0.717, 1.165) is 19.3 Å². The molecule has 0 heterocycles. The number of carbonyl (C=O) groups excluding carboxylic acids is 1. The summed E-state index contributed by atoms with van der Waals surface area (Å²) in [6, 6.07) is 4.68. The Morgan fingerprint density at radius 1 is 1.38 bits per heavy atom. The molecule has 0 aliphatic heterocycles. The summed E-state index contributed by atoms with van der Waals surface area (Å²) in [5.74, 6) is 2.48. The van der Waals surface area contributed by atoms with E-state index in [1.807, 2.05) is 27.7 Å². The molecule has 0 bridgehead atoms. The zero-order valence-electron chi connectivity index (χ0n) is 15.8. The quantitative estimate of drug-likeness (QED) is 0.315. The van der Waals surface area contributed by atoms with E-state index in [-0.39, 0.29) is 11.7 Å². The van der Waals surface area contributed by atoms with Gasteiger partial charge in [-0.25, -0.2) is 4.79 Å². The molecule has 142 valence electrons. The lowest BCUT2D eigenvalue weighted by Gasteiger charge is -2.20. The zero-order chi connectivity index (χ0) is 19.7. The average molecular weight is 361 g/mol. The van der Waals surface area contributed by atoms with Gasteiger partial charge in [0.05, 0.1) is 10.5 Å². The predicted molar refractivity (Wildman–Crippen MR) is 102 cm³/mol. The maximum atomic E-state index is 11.5. The van der Waals surface area contributed by atoms with Crippen LogP contribution in [-0.2, 0) is 4.74 Å². The summed E-state index contributed by atoms with van der Waals surface area (Å²) in [5.41, 5.74) is 0.303. The van der Waals surface area contributed by atoms with Crippen LogP contribution in [0.1, 0.15) is 52.5 Å². The molecule has 26 heavy (non-hydrogen) atoms. The van der Waals surface area contributed by atoms with E-state index in [4.69, 9.17) is 11.2 Å². The van der Waals surface area contributed by atoms with Gasteiger partial charge in [-0.05, 0) is 53.0 Å². The Bertz CT molecular complexity index is 674. The van der Waals surface area contributed by atoms with Crippen molar-refractivity contribution in [2.45, 2.75) is 58.6 Å². The fourth-order valence-corrected chi connectivity index (χ4v) is 2.36. The summed E-state index contributed by atoms with van der Waals surface area (Å²) in [4.78, 5) is 22.3. The topological polar surface area (TPSA) is 93.5 Å². The van der Waals surface area contributed by atoms with Crippen molar-refractivity contribution in [3.05, 3.63) is 33.9 Å². The first-order chi connectivity index (χ1) is 12.1. The number of nitro groups is 1. The lowest BCUT2D eigenvalue weighted by molar-refractivity contribution is -0.384. The van der Waals surface area contributed by atoms with Crippen LogP contribution < -0.4 is 10.6 Å². The summed E-state index contributed by atoms with van der Waals surface area (Å²) in [7, 11) is 0. The molecule has 1 aromatic rings. The van der Waals surface area contributed by atoms with E-state index in [1.165, 1.54) is 6.07 Å². The SMILES string of the molecule is C#Cc1cccc([N+](=O)[O-])c1N[C@@H](C)CCCCNC(=O)OC(C)(C)C. The summed E-state index contributed by atoms with van der Waals surface area (Å²) in [6.45, 7) is 7.90. The second-order valence-electron chi connectivity index (χ2n) is 7.07. The highest BCUT2D eigenvalue weighted by atomic mass is 16.6. The van der Waals surface area contributed by atoms with Gasteiger partial charge in [0.25, 0.3) is 5.69 Å². The summed E-state index contributed by atoms with van der Waals surface area (Å²) >= 11 is 0. The van der Waals surface area contributed by atoms with Crippen molar-refractivity contribution in [1.29, 1.82) is 0 Å². The van der Waals surface area contributed by atoms with Crippen LogP contribution in [-0.4, -0.2) is 29.2 Å². The van der Waals surface area contributed by atoms with E-state index < -0.39 is 16.6 Å². The first-order valence-corrected chi connectivity index (χ1v) is 8.61. The number of para-hydroxylation sites is 1. The summed E-state index contributed by atoms with van der Waals surface area (Å²) in [6.07, 6.45) is 7.42. The third kappa shape index (κ3) is 7.43. The fourth-order valence-electron chi connectivity index (χ4n) is 2.36. The number of terminal acetylenes is 1. The average Bonchev–Trinajstić information content (AvgIpc) is 2.52. The van der Waals surface area contributed by atoms with Gasteiger partial charge in [0.15, 0.2) is 0 Å². The van der Waals surface area contributed by atoms with Crippen LogP contribution in [0.4, 0.5) is 16.2 Å². The number of ether oxygens (including phenoxy) is 1. The third-order valence-electron chi connectivity index (χ3n) is 3.52. The van der Waals surface area contributed by atoms with E-state index in [9.17, 15) is 14.9 Å². The minimum Gasteiger partial charge on any atom is -0.444 e. The van der Waals surface area contributed by atoms with Crippen molar-refractivity contribution in [3.8, 4) is 12.3 Å². The molecule has 1 aromatic carbocycles. The van der Waals surface area contributed by atoms with Crippen molar-refractivity contribution < 1.29 is 14.5 Å². The number of alkyl carbamates (subject to hydrolysis) is 1. The van der Waals surface area contributed by atoms with Gasteiger partial charge in [-0.3, -0.25) is 10.1 Å². The van der Waals surface area contributed by atoms with Crippen LogP contribution in [0.2, 0.25) is 0 Å². The number of carbonyl (C=O) groups is 1. The number of unbranched alkanes of at least 4 members (excludes halogenated alkanes) is 1. The van der Waals surface area contributed by atoms with Crippen LogP contribution in [0.15, 0.2) is 18.2 Å². The van der Waals surface area contributed by atoms with Crippen LogP contribution in [0.5, 0.6) is 0 Å². The molecule has 0 saturated heterocycles. The molecule has 7 heteroatoms. The Labute approximate surface area is 154 Å². The molecule has 7 nitrogen and oxygen atoms in total. The van der Waals surface area contributed by atoms with E-state index >= 15 is 0 Å². The highest BCUT2D eigenvalue weighted by Crippen LogP contribution is 2.28. The Kier molecular flexibility index (Phi) is 7.91. The molecular formula is C19H27N3O4. The highest BCUT2D eigenvalue weighted by Gasteiger charge is 2.18. The second kappa shape index (κ2) is 9.66. The van der Waals surface area contributed by atoms with E-state index in [1.54, 1.807) is 12.1 Å². The van der Waals surface area contributed by atoms with Crippen LogP contribution in [0.25, 0.3) is 0 Å². The lowest BCUT2D eigenvalue weighted by Crippen LogP contribution is -2.33. The molecule has 2 N–H and O–H groups in total. The maximum absolute atomic E-state index is 11.5. The molecule has 1 atom stereocenters. The molecule has 0 aliphatic rings. The summed E-state index contributed by atoms with van der Waals surface area (Å²) in [5, 5.41) is 17.0. The molecule has 0 fully saturated rings. The molecule has 1 amide bonds. The summed E-state index contributed by atoms with van der Waals surface area (Å²) < 4.78 is 5.16. The molecule has 0 radical (unpaired) electrons. The molecule has 0 saturated carbocycles. The molecule has 0 aliphatic carbocycles. The number of hydrogen-bond acceptors (Lipinski definition) is 5.